The van der Waals surface area contributed by atoms with Gasteiger partial charge in [-0.15, -0.1) is 22.7 Å². The van der Waals surface area contributed by atoms with Crippen molar-refractivity contribution in [2.45, 2.75) is 27.0 Å². The van der Waals surface area contributed by atoms with E-state index in [9.17, 15) is 0 Å². The summed E-state index contributed by atoms with van der Waals surface area (Å²) in [5.74, 6) is 0.481. The maximum atomic E-state index is 2.48. The lowest BCUT2D eigenvalue weighted by atomic mass is 9.85. The molecule has 0 spiro atoms. The van der Waals surface area contributed by atoms with Crippen LogP contribution in [0.1, 0.15) is 23.5 Å². The number of rotatable bonds is 2. The van der Waals surface area contributed by atoms with Gasteiger partial charge in [-0.05, 0) is 104 Å². The van der Waals surface area contributed by atoms with E-state index in [1.807, 2.05) is 46.2 Å². The number of thioether (sulfide) groups is 1. The molecule has 0 fully saturated rings. The Morgan fingerprint density at radius 3 is 2.24 bits per heavy atom. The molecule has 1 unspecified atom stereocenters. The molecule has 0 saturated heterocycles. The van der Waals surface area contributed by atoms with Crippen molar-refractivity contribution in [3.05, 3.63) is 156 Å². The van der Waals surface area contributed by atoms with Crippen LogP contribution in [-0.2, 0) is 0 Å². The van der Waals surface area contributed by atoms with E-state index in [0.717, 1.165) is 6.42 Å². The minimum Gasteiger partial charge on any atom is -0.135 e. The maximum absolute atomic E-state index is 2.48. The molecule has 4 heterocycles. The molecule has 12 rings (SSSR count). The van der Waals surface area contributed by atoms with Gasteiger partial charge in [-0.25, -0.2) is 0 Å². The highest BCUT2D eigenvalue weighted by Crippen LogP contribution is 2.55. The van der Waals surface area contributed by atoms with E-state index >= 15 is 0 Å². The van der Waals surface area contributed by atoms with Crippen LogP contribution < -0.4 is 0 Å². The number of allylic oxidation sites excluding steroid dienone is 4. The van der Waals surface area contributed by atoms with Gasteiger partial charge in [0.1, 0.15) is 0 Å². The van der Waals surface area contributed by atoms with Crippen molar-refractivity contribution < 1.29 is 0 Å². The zero-order chi connectivity index (χ0) is 32.5. The van der Waals surface area contributed by atoms with Crippen LogP contribution in [0.2, 0.25) is 0 Å². The topological polar surface area (TPSA) is 0 Å². The Kier molecular flexibility index (Phi) is 5.90. The molecule has 0 bridgehead atoms. The predicted octanol–water partition coefficient (Wildman–Crippen LogP) is 14.9. The highest BCUT2D eigenvalue weighted by molar-refractivity contribution is 8.03. The molecule has 0 N–H and O–H groups in total. The third kappa shape index (κ3) is 4.02. The van der Waals surface area contributed by atoms with Gasteiger partial charge < -0.3 is 0 Å². The van der Waals surface area contributed by atoms with E-state index < -0.39 is 0 Å². The van der Waals surface area contributed by atoms with Crippen LogP contribution >= 0.6 is 46.2 Å². The van der Waals surface area contributed by atoms with E-state index in [2.05, 4.69) is 140 Å². The number of hydrogen-bond donors (Lipinski definition) is 0. The lowest BCUT2D eigenvalue weighted by Gasteiger charge is -2.24. The van der Waals surface area contributed by atoms with E-state index in [1.165, 1.54) is 110 Å². The van der Waals surface area contributed by atoms with Gasteiger partial charge in [0.25, 0.3) is 0 Å². The lowest BCUT2D eigenvalue weighted by molar-refractivity contribution is 0.850. The predicted molar refractivity (Wildman–Crippen MR) is 220 cm³/mol. The van der Waals surface area contributed by atoms with Crippen molar-refractivity contribution >= 4 is 103 Å². The average Bonchev–Trinajstić information content (AvgIpc) is 3.85. The summed E-state index contributed by atoms with van der Waals surface area (Å²) in [5, 5.41) is 8.21. The normalized spacial score (nSPS) is 16.2. The summed E-state index contributed by atoms with van der Waals surface area (Å²) >= 11 is 7.70. The minimum atomic E-state index is 0.481. The fourth-order valence-corrected chi connectivity index (χ4v) is 13.2. The summed E-state index contributed by atoms with van der Waals surface area (Å²) in [6, 6.07) is 48.4. The van der Waals surface area contributed by atoms with Gasteiger partial charge in [0.2, 0.25) is 0 Å². The quantitative estimate of drug-likeness (QED) is 0.176. The summed E-state index contributed by atoms with van der Waals surface area (Å²) in [5.41, 5.74) is 9.55. The molecule has 0 amide bonds. The highest BCUT2D eigenvalue weighted by atomic mass is 32.2. The van der Waals surface area contributed by atoms with Crippen molar-refractivity contribution in [1.82, 2.24) is 0 Å². The SMILES string of the molecule is C1=C(c2ccc3c(c2)Sc2cccc4c2c-3cc2sc3cc(-c5ccc6sc7ccccc7c6c5)ccc3c24)CC2C(=C1)Sc1ccccc12. The van der Waals surface area contributed by atoms with Crippen LogP contribution in [0, 0.1) is 0 Å². The Morgan fingerprint density at radius 1 is 0.440 bits per heavy atom. The first-order valence-electron chi connectivity index (χ1n) is 17.1. The number of thiophene rings is 2. The molecular weight excluding hydrogens is 681 g/mol. The number of hydrogen-bond acceptors (Lipinski definition) is 4. The fourth-order valence-electron chi connectivity index (χ4n) is 8.50. The highest BCUT2D eigenvalue weighted by Gasteiger charge is 2.31. The molecule has 7 aromatic carbocycles. The third-order valence-electron chi connectivity index (χ3n) is 10.9. The molecule has 3 aliphatic rings. The van der Waals surface area contributed by atoms with Crippen LogP contribution in [0.15, 0.2) is 159 Å². The van der Waals surface area contributed by atoms with Crippen molar-refractivity contribution in [2.75, 3.05) is 0 Å². The lowest BCUT2D eigenvalue weighted by Crippen LogP contribution is -2.02. The number of benzene rings is 7. The zero-order valence-electron chi connectivity index (χ0n) is 26.7. The minimum absolute atomic E-state index is 0.481. The van der Waals surface area contributed by atoms with E-state index in [4.69, 9.17) is 0 Å². The summed E-state index contributed by atoms with van der Waals surface area (Å²) in [4.78, 5) is 5.62. The van der Waals surface area contributed by atoms with Crippen molar-refractivity contribution in [2.24, 2.45) is 0 Å². The monoisotopic (exact) mass is 706 g/mol. The first kappa shape index (κ1) is 28.2. The smallest absolute Gasteiger partial charge is 0.0368 e. The summed E-state index contributed by atoms with van der Waals surface area (Å²) < 4.78 is 5.42. The summed E-state index contributed by atoms with van der Waals surface area (Å²) in [6.45, 7) is 0. The van der Waals surface area contributed by atoms with Gasteiger partial charge in [0.15, 0.2) is 0 Å². The molecule has 0 radical (unpaired) electrons. The Balaban J connectivity index is 0.966. The van der Waals surface area contributed by atoms with Crippen LogP contribution in [0.4, 0.5) is 0 Å². The van der Waals surface area contributed by atoms with Gasteiger partial charge in [0.05, 0.1) is 0 Å². The standard InChI is InChI=1S/C46H26S4/c1-3-9-37-29(6-1)34-20-25(14-18-39(34)47-37)27-12-16-31-36-24-44-45(33-8-5-11-41(46(33)36)49-42(31)22-27)32-17-13-28(23-43(32)50-44)26-15-19-40-35(21-26)30-7-2-4-10-38(30)48-40/h1-19,21-24,34H,20H2. The molecule has 234 valence electrons. The molecule has 1 aliphatic carbocycles. The second-order valence-corrected chi connectivity index (χ2v) is 17.9. The number of fused-ring (bicyclic) bond motifs is 12. The average molecular weight is 707 g/mol. The summed E-state index contributed by atoms with van der Waals surface area (Å²) in [7, 11) is 0. The van der Waals surface area contributed by atoms with Crippen LogP contribution in [0.25, 0.3) is 78.9 Å². The molecule has 0 saturated carbocycles. The van der Waals surface area contributed by atoms with Crippen molar-refractivity contribution in [1.29, 1.82) is 0 Å². The molecule has 2 aromatic heterocycles. The molecule has 0 nitrogen and oxygen atoms in total. The maximum Gasteiger partial charge on any atom is 0.0368 e. The molecule has 4 heteroatoms. The fraction of sp³-hybridized carbons (Fsp3) is 0.0435. The van der Waals surface area contributed by atoms with Gasteiger partial charge in [-0.1, -0.05) is 115 Å². The van der Waals surface area contributed by atoms with E-state index in [1.54, 1.807) is 0 Å². The second-order valence-electron chi connectivity index (χ2n) is 13.6. The van der Waals surface area contributed by atoms with Gasteiger partial charge in [-0.2, -0.15) is 0 Å². The van der Waals surface area contributed by atoms with Gasteiger partial charge in [0, 0.05) is 66.3 Å². The molecular formula is C46H26S4. The Hall–Kier alpha value is -4.58. The molecule has 50 heavy (non-hydrogen) atoms. The van der Waals surface area contributed by atoms with Crippen LogP contribution in [0.3, 0.4) is 0 Å². The largest absolute Gasteiger partial charge is 0.135 e. The van der Waals surface area contributed by atoms with Crippen molar-refractivity contribution in [3.63, 3.8) is 0 Å². The van der Waals surface area contributed by atoms with E-state index in [-0.39, 0.29) is 0 Å². The van der Waals surface area contributed by atoms with Gasteiger partial charge in [-0.3, -0.25) is 0 Å². The van der Waals surface area contributed by atoms with Crippen LogP contribution in [-0.4, -0.2) is 0 Å². The molecule has 2 aliphatic heterocycles. The Morgan fingerprint density at radius 2 is 1.24 bits per heavy atom. The summed E-state index contributed by atoms with van der Waals surface area (Å²) in [6.07, 6.45) is 5.79. The first-order chi connectivity index (χ1) is 24.7. The first-order valence-corrected chi connectivity index (χ1v) is 20.3. The molecule has 9 aromatic rings. The Bertz CT molecular complexity index is 3020. The molecule has 1 atom stereocenters. The third-order valence-corrected chi connectivity index (χ3v) is 15.5. The van der Waals surface area contributed by atoms with Gasteiger partial charge >= 0.3 is 0 Å². The second kappa shape index (κ2) is 10.5. The van der Waals surface area contributed by atoms with Crippen LogP contribution in [0.5, 0.6) is 0 Å². The Labute approximate surface area is 305 Å². The van der Waals surface area contributed by atoms with Crippen molar-refractivity contribution in [3.8, 4) is 22.3 Å². The van der Waals surface area contributed by atoms with E-state index in [0.29, 0.717) is 5.92 Å². The zero-order valence-corrected chi connectivity index (χ0v) is 30.0.